The number of aromatic nitrogens is 3. The molecule has 18 heavy (non-hydrogen) atoms. The Morgan fingerprint density at radius 3 is 2.72 bits per heavy atom. The van der Waals surface area contributed by atoms with Gasteiger partial charge in [0.25, 0.3) is 0 Å². The van der Waals surface area contributed by atoms with Crippen molar-refractivity contribution >= 4 is 5.97 Å². The zero-order chi connectivity index (χ0) is 13.3. The molecule has 96 valence electrons. The fourth-order valence-corrected chi connectivity index (χ4v) is 1.84. The van der Waals surface area contributed by atoms with Gasteiger partial charge in [0.15, 0.2) is 0 Å². The Balaban J connectivity index is 2.47. The predicted molar refractivity (Wildman–Crippen MR) is 68.0 cm³/mol. The number of methoxy groups -OCH3 is 1. The second-order valence-electron chi connectivity index (χ2n) is 4.48. The third-order valence-electron chi connectivity index (χ3n) is 2.86. The fourth-order valence-electron chi connectivity index (χ4n) is 1.84. The molecule has 0 fully saturated rings. The van der Waals surface area contributed by atoms with Gasteiger partial charge in [-0.1, -0.05) is 0 Å². The summed E-state index contributed by atoms with van der Waals surface area (Å²) in [4.78, 5) is 11.8. The molecule has 2 aromatic heterocycles. The molecule has 0 unspecified atom stereocenters. The maximum Gasteiger partial charge on any atom is 0.355 e. The molecule has 5 nitrogen and oxygen atoms in total. The van der Waals surface area contributed by atoms with Gasteiger partial charge in [0, 0.05) is 18.4 Å². The first-order chi connectivity index (χ1) is 8.54. The normalized spacial score (nSPS) is 10.9. The van der Waals surface area contributed by atoms with Crippen LogP contribution in [0.1, 0.15) is 35.9 Å². The number of rotatable bonds is 3. The smallest absolute Gasteiger partial charge is 0.355 e. The molecule has 2 heterocycles. The zero-order valence-electron chi connectivity index (χ0n) is 11.0. The van der Waals surface area contributed by atoms with E-state index in [2.05, 4.69) is 18.9 Å². The molecular weight excluding hydrogens is 230 g/mol. The third-order valence-corrected chi connectivity index (χ3v) is 2.86. The van der Waals surface area contributed by atoms with Crippen molar-refractivity contribution in [3.05, 3.63) is 35.9 Å². The van der Waals surface area contributed by atoms with E-state index in [0.717, 1.165) is 11.3 Å². The number of hydrogen-bond acceptors (Lipinski definition) is 3. The Hall–Kier alpha value is -2.04. The lowest BCUT2D eigenvalue weighted by Crippen LogP contribution is -2.09. The molecule has 0 aromatic carbocycles. The highest BCUT2D eigenvalue weighted by Crippen LogP contribution is 2.18. The van der Waals surface area contributed by atoms with E-state index in [1.165, 1.54) is 7.11 Å². The van der Waals surface area contributed by atoms with E-state index in [0.29, 0.717) is 5.69 Å². The molecule has 0 saturated heterocycles. The molecule has 0 atom stereocenters. The number of nitrogens with zero attached hydrogens (tertiary/aromatic N) is 3. The molecule has 0 spiro atoms. The Labute approximate surface area is 106 Å². The van der Waals surface area contributed by atoms with Crippen molar-refractivity contribution < 1.29 is 9.53 Å². The maximum absolute atomic E-state index is 11.8. The van der Waals surface area contributed by atoms with E-state index in [4.69, 9.17) is 4.74 Å². The number of esters is 1. The van der Waals surface area contributed by atoms with Gasteiger partial charge in [0.2, 0.25) is 0 Å². The molecule has 0 aliphatic carbocycles. The summed E-state index contributed by atoms with van der Waals surface area (Å²) in [6.07, 6.45) is 5.51. The molecule has 0 N–H and O–H groups in total. The van der Waals surface area contributed by atoms with Gasteiger partial charge in [0.05, 0.1) is 19.0 Å². The van der Waals surface area contributed by atoms with Crippen LogP contribution in [0.5, 0.6) is 0 Å². The van der Waals surface area contributed by atoms with Crippen LogP contribution in [0.25, 0.3) is 5.69 Å². The van der Waals surface area contributed by atoms with E-state index in [1.54, 1.807) is 10.8 Å². The van der Waals surface area contributed by atoms with Crippen molar-refractivity contribution in [2.75, 3.05) is 7.11 Å². The van der Waals surface area contributed by atoms with Gasteiger partial charge in [-0.2, -0.15) is 5.10 Å². The van der Waals surface area contributed by atoms with Crippen LogP contribution >= 0.6 is 0 Å². The number of ether oxygens (including phenoxy) is 1. The lowest BCUT2D eigenvalue weighted by atomic mass is 10.3. The van der Waals surface area contributed by atoms with Crippen LogP contribution in [0.3, 0.4) is 0 Å². The molecule has 5 heteroatoms. The average molecular weight is 247 g/mol. The van der Waals surface area contributed by atoms with Crippen molar-refractivity contribution in [2.45, 2.75) is 26.8 Å². The lowest BCUT2D eigenvalue weighted by Gasteiger charge is -2.06. The van der Waals surface area contributed by atoms with Crippen LogP contribution < -0.4 is 0 Å². The summed E-state index contributed by atoms with van der Waals surface area (Å²) in [5.74, 6) is -0.338. The van der Waals surface area contributed by atoms with Crippen molar-refractivity contribution in [3.63, 3.8) is 0 Å². The minimum Gasteiger partial charge on any atom is -0.464 e. The maximum atomic E-state index is 11.8. The van der Waals surface area contributed by atoms with Gasteiger partial charge in [-0.25, -0.2) is 4.79 Å². The molecule has 0 saturated carbocycles. The molecule has 0 aliphatic rings. The van der Waals surface area contributed by atoms with Crippen molar-refractivity contribution in [1.82, 2.24) is 14.3 Å². The molecular formula is C13H17N3O2. The SMILES string of the molecule is COC(=O)c1c(C)ccn1-c1cnn(C(C)C)c1. The van der Waals surface area contributed by atoms with E-state index in [-0.39, 0.29) is 12.0 Å². The van der Waals surface area contributed by atoms with Gasteiger partial charge in [-0.3, -0.25) is 4.68 Å². The Morgan fingerprint density at radius 2 is 2.17 bits per heavy atom. The summed E-state index contributed by atoms with van der Waals surface area (Å²) >= 11 is 0. The van der Waals surface area contributed by atoms with E-state index in [1.807, 2.05) is 30.1 Å². The van der Waals surface area contributed by atoms with Crippen molar-refractivity contribution in [3.8, 4) is 5.69 Å². The first-order valence-corrected chi connectivity index (χ1v) is 5.85. The summed E-state index contributed by atoms with van der Waals surface area (Å²) in [7, 11) is 1.39. The summed E-state index contributed by atoms with van der Waals surface area (Å²) < 4.78 is 8.46. The number of carbonyl (C=O) groups is 1. The van der Waals surface area contributed by atoms with Gasteiger partial charge >= 0.3 is 5.97 Å². The van der Waals surface area contributed by atoms with Crippen LogP contribution in [0.2, 0.25) is 0 Å². The highest BCUT2D eigenvalue weighted by Gasteiger charge is 2.17. The molecule has 0 amide bonds. The largest absolute Gasteiger partial charge is 0.464 e. The molecule has 2 aromatic rings. The van der Waals surface area contributed by atoms with E-state index >= 15 is 0 Å². The minimum absolute atomic E-state index is 0.289. The van der Waals surface area contributed by atoms with E-state index in [9.17, 15) is 4.79 Å². The quantitative estimate of drug-likeness (QED) is 0.782. The fraction of sp³-hybridized carbons (Fsp3) is 0.385. The Kier molecular flexibility index (Phi) is 3.23. The van der Waals surface area contributed by atoms with Crippen molar-refractivity contribution in [2.24, 2.45) is 0 Å². The summed E-state index contributed by atoms with van der Waals surface area (Å²) in [6.45, 7) is 5.99. The number of hydrogen-bond donors (Lipinski definition) is 0. The topological polar surface area (TPSA) is 49.1 Å². The zero-order valence-corrected chi connectivity index (χ0v) is 11.0. The highest BCUT2D eigenvalue weighted by atomic mass is 16.5. The summed E-state index contributed by atoms with van der Waals surface area (Å²) in [5, 5.41) is 4.27. The Bertz CT molecular complexity index is 567. The van der Waals surface area contributed by atoms with Gasteiger partial charge in [0.1, 0.15) is 5.69 Å². The first kappa shape index (κ1) is 12.4. The Morgan fingerprint density at radius 1 is 1.44 bits per heavy atom. The minimum atomic E-state index is -0.338. The van der Waals surface area contributed by atoms with E-state index < -0.39 is 0 Å². The molecule has 0 radical (unpaired) electrons. The lowest BCUT2D eigenvalue weighted by molar-refractivity contribution is 0.0591. The van der Waals surface area contributed by atoms with Crippen LogP contribution in [0.4, 0.5) is 0 Å². The third kappa shape index (κ3) is 2.03. The average Bonchev–Trinajstić information content (AvgIpc) is 2.94. The number of aryl methyl sites for hydroxylation is 1. The van der Waals surface area contributed by atoms with Crippen LogP contribution in [0, 0.1) is 6.92 Å². The second-order valence-corrected chi connectivity index (χ2v) is 4.48. The van der Waals surface area contributed by atoms with Gasteiger partial charge < -0.3 is 9.30 Å². The second kappa shape index (κ2) is 4.68. The highest BCUT2D eigenvalue weighted by molar-refractivity contribution is 5.90. The molecule has 2 rings (SSSR count). The van der Waals surface area contributed by atoms with Crippen LogP contribution in [0.15, 0.2) is 24.7 Å². The van der Waals surface area contributed by atoms with Crippen LogP contribution in [-0.2, 0) is 4.74 Å². The number of carbonyl (C=O) groups excluding carboxylic acids is 1. The molecule has 0 bridgehead atoms. The first-order valence-electron chi connectivity index (χ1n) is 5.85. The predicted octanol–water partition coefficient (Wildman–Crippen LogP) is 2.35. The van der Waals surface area contributed by atoms with Gasteiger partial charge in [-0.05, 0) is 32.4 Å². The monoisotopic (exact) mass is 247 g/mol. The molecule has 0 aliphatic heterocycles. The van der Waals surface area contributed by atoms with Crippen molar-refractivity contribution in [1.29, 1.82) is 0 Å². The standard InChI is InChI=1S/C13H17N3O2/c1-9(2)16-8-11(7-14-16)15-6-5-10(3)12(15)13(17)18-4/h5-9H,1-4H3. The van der Waals surface area contributed by atoms with Gasteiger partial charge in [-0.15, -0.1) is 0 Å². The summed E-state index contributed by atoms with van der Waals surface area (Å²) in [6, 6.07) is 2.18. The van der Waals surface area contributed by atoms with Crippen LogP contribution in [-0.4, -0.2) is 27.4 Å². The summed E-state index contributed by atoms with van der Waals surface area (Å²) in [5.41, 5.74) is 2.29.